The van der Waals surface area contributed by atoms with E-state index in [9.17, 15) is 4.79 Å². The number of anilines is 1. The third-order valence-electron chi connectivity index (χ3n) is 3.63. The number of aromatic nitrogens is 4. The number of hydrogen-bond acceptors (Lipinski definition) is 3. The number of halogens is 1. The zero-order valence-electron chi connectivity index (χ0n) is 12.4. The molecule has 0 atom stereocenters. The van der Waals surface area contributed by atoms with E-state index in [0.717, 1.165) is 16.6 Å². The number of nitrogens with one attached hydrogen (secondary N) is 2. The van der Waals surface area contributed by atoms with Gasteiger partial charge in [0.2, 0.25) is 0 Å². The summed E-state index contributed by atoms with van der Waals surface area (Å²) in [7, 11) is 0. The highest BCUT2D eigenvalue weighted by Crippen LogP contribution is 2.21. The summed E-state index contributed by atoms with van der Waals surface area (Å²) >= 11 is 6.16. The highest BCUT2D eigenvalue weighted by molar-refractivity contribution is 6.32. The molecule has 0 saturated heterocycles. The molecule has 0 aliphatic heterocycles. The van der Waals surface area contributed by atoms with Crippen molar-refractivity contribution >= 4 is 34.1 Å². The lowest BCUT2D eigenvalue weighted by Crippen LogP contribution is -2.13. The molecule has 0 unspecified atom stereocenters. The molecular weight excluding hydrogens is 326 g/mol. The average molecular weight is 338 g/mol. The molecule has 0 spiro atoms. The number of pyridine rings is 1. The monoisotopic (exact) mass is 337 g/mol. The van der Waals surface area contributed by atoms with Crippen molar-refractivity contribution in [2.45, 2.75) is 0 Å². The van der Waals surface area contributed by atoms with Crippen LogP contribution in [0.15, 0.2) is 61.2 Å². The summed E-state index contributed by atoms with van der Waals surface area (Å²) in [6.07, 6.45) is 6.65. The van der Waals surface area contributed by atoms with Crippen molar-refractivity contribution in [2.24, 2.45) is 0 Å². The first-order valence-electron chi connectivity index (χ1n) is 7.25. The Labute approximate surface area is 142 Å². The first kappa shape index (κ1) is 14.5. The van der Waals surface area contributed by atoms with E-state index in [1.807, 2.05) is 30.3 Å². The number of fused-ring (bicyclic) bond motifs is 1. The quantitative estimate of drug-likeness (QED) is 0.599. The Balaban J connectivity index is 1.61. The highest BCUT2D eigenvalue weighted by Gasteiger charge is 2.14. The highest BCUT2D eigenvalue weighted by atomic mass is 35.5. The van der Waals surface area contributed by atoms with Crippen LogP contribution in [0.4, 0.5) is 5.69 Å². The fourth-order valence-corrected chi connectivity index (χ4v) is 2.73. The normalized spacial score (nSPS) is 10.9. The van der Waals surface area contributed by atoms with Gasteiger partial charge in [-0.05, 0) is 24.3 Å². The number of aromatic amines is 1. The molecule has 0 saturated carbocycles. The maximum absolute atomic E-state index is 12.5. The minimum atomic E-state index is -0.293. The third kappa shape index (κ3) is 2.53. The largest absolute Gasteiger partial charge is 0.361 e. The molecule has 118 valence electrons. The van der Waals surface area contributed by atoms with Crippen LogP contribution in [0.2, 0.25) is 5.02 Å². The topological polar surface area (TPSA) is 75.6 Å². The molecule has 0 radical (unpaired) electrons. The van der Waals surface area contributed by atoms with Crippen molar-refractivity contribution in [1.29, 1.82) is 0 Å². The zero-order valence-corrected chi connectivity index (χ0v) is 13.2. The minimum absolute atomic E-state index is 0.293. The Morgan fingerprint density at radius 2 is 2.08 bits per heavy atom. The molecule has 7 heteroatoms. The van der Waals surface area contributed by atoms with E-state index in [1.165, 1.54) is 0 Å². The van der Waals surface area contributed by atoms with Gasteiger partial charge in [0, 0.05) is 23.3 Å². The maximum Gasteiger partial charge on any atom is 0.275 e. The van der Waals surface area contributed by atoms with Gasteiger partial charge in [0.25, 0.3) is 5.91 Å². The number of hydrogen-bond donors (Lipinski definition) is 2. The average Bonchev–Trinajstić information content (AvgIpc) is 3.24. The number of H-pyrrole nitrogens is 1. The van der Waals surface area contributed by atoms with Crippen LogP contribution in [0.5, 0.6) is 0 Å². The van der Waals surface area contributed by atoms with Gasteiger partial charge in [-0.3, -0.25) is 9.78 Å². The lowest BCUT2D eigenvalue weighted by atomic mass is 10.2. The minimum Gasteiger partial charge on any atom is -0.361 e. The summed E-state index contributed by atoms with van der Waals surface area (Å²) in [6.45, 7) is 0. The van der Waals surface area contributed by atoms with Crippen molar-refractivity contribution < 1.29 is 4.79 Å². The van der Waals surface area contributed by atoms with Gasteiger partial charge in [0.15, 0.2) is 0 Å². The summed E-state index contributed by atoms with van der Waals surface area (Å²) < 4.78 is 1.61. The van der Waals surface area contributed by atoms with Crippen molar-refractivity contribution in [3.8, 4) is 5.69 Å². The standard InChI is InChI=1S/C17H12ClN5O/c18-13-3-1-2-4-15(13)23-10-11(9-21-23)22-17(24)16-12-5-7-19-14(12)6-8-20-16/h1-10,19H,(H,22,24). The van der Waals surface area contributed by atoms with Gasteiger partial charge in [-0.25, -0.2) is 4.68 Å². The van der Waals surface area contributed by atoms with Crippen molar-refractivity contribution in [2.75, 3.05) is 5.32 Å². The van der Waals surface area contributed by atoms with E-state index >= 15 is 0 Å². The van der Waals surface area contributed by atoms with Gasteiger partial charge in [-0.15, -0.1) is 0 Å². The van der Waals surface area contributed by atoms with Gasteiger partial charge in [-0.1, -0.05) is 23.7 Å². The Morgan fingerprint density at radius 3 is 2.96 bits per heavy atom. The SMILES string of the molecule is O=C(Nc1cnn(-c2ccccc2Cl)c1)c1nccc2[nH]ccc12. The maximum atomic E-state index is 12.5. The second-order valence-electron chi connectivity index (χ2n) is 5.18. The molecule has 3 heterocycles. The molecule has 24 heavy (non-hydrogen) atoms. The molecule has 0 aliphatic rings. The van der Waals surface area contributed by atoms with Crippen LogP contribution in [0.1, 0.15) is 10.5 Å². The van der Waals surface area contributed by atoms with Crippen LogP contribution in [0.25, 0.3) is 16.6 Å². The molecule has 3 aromatic heterocycles. The number of nitrogens with zero attached hydrogens (tertiary/aromatic N) is 3. The van der Waals surface area contributed by atoms with E-state index in [0.29, 0.717) is 16.4 Å². The van der Waals surface area contributed by atoms with Crippen molar-refractivity contribution in [3.05, 3.63) is 71.9 Å². The van der Waals surface area contributed by atoms with E-state index in [1.54, 1.807) is 35.5 Å². The first-order valence-corrected chi connectivity index (χ1v) is 7.63. The van der Waals surface area contributed by atoms with Crippen LogP contribution in [-0.2, 0) is 0 Å². The van der Waals surface area contributed by atoms with E-state index in [2.05, 4.69) is 20.4 Å². The predicted octanol–water partition coefficient (Wildman–Crippen LogP) is 3.65. The lowest BCUT2D eigenvalue weighted by molar-refractivity contribution is 0.102. The summed E-state index contributed by atoms with van der Waals surface area (Å²) in [5, 5.41) is 8.40. The number of carbonyl (C=O) groups is 1. The molecule has 1 amide bonds. The van der Waals surface area contributed by atoms with E-state index in [-0.39, 0.29) is 5.91 Å². The molecule has 0 bridgehead atoms. The fourth-order valence-electron chi connectivity index (χ4n) is 2.51. The van der Waals surface area contributed by atoms with Gasteiger partial charge in [0.1, 0.15) is 5.69 Å². The van der Waals surface area contributed by atoms with E-state index in [4.69, 9.17) is 11.6 Å². The van der Waals surface area contributed by atoms with Crippen LogP contribution in [0, 0.1) is 0 Å². The molecule has 2 N–H and O–H groups in total. The number of rotatable bonds is 3. The molecular formula is C17H12ClN5O. The number of benzene rings is 1. The van der Waals surface area contributed by atoms with Crippen LogP contribution < -0.4 is 5.32 Å². The Bertz CT molecular complexity index is 1040. The Kier molecular flexibility index (Phi) is 3.51. The number of para-hydroxylation sites is 1. The fraction of sp³-hybridized carbons (Fsp3) is 0. The van der Waals surface area contributed by atoms with Gasteiger partial charge < -0.3 is 10.3 Å². The summed E-state index contributed by atoms with van der Waals surface area (Å²) in [5.41, 5.74) is 2.53. The number of amides is 1. The van der Waals surface area contributed by atoms with Crippen LogP contribution >= 0.6 is 11.6 Å². The zero-order chi connectivity index (χ0) is 16.5. The van der Waals surface area contributed by atoms with Crippen molar-refractivity contribution in [1.82, 2.24) is 19.7 Å². The molecule has 4 rings (SSSR count). The second-order valence-corrected chi connectivity index (χ2v) is 5.58. The molecule has 0 fully saturated rings. The Morgan fingerprint density at radius 1 is 1.21 bits per heavy atom. The second kappa shape index (κ2) is 5.82. The predicted molar refractivity (Wildman–Crippen MR) is 92.6 cm³/mol. The summed E-state index contributed by atoms with van der Waals surface area (Å²) in [4.78, 5) is 19.7. The van der Waals surface area contributed by atoms with Crippen molar-refractivity contribution in [3.63, 3.8) is 0 Å². The molecule has 1 aromatic carbocycles. The summed E-state index contributed by atoms with van der Waals surface area (Å²) in [5.74, 6) is -0.293. The molecule has 4 aromatic rings. The molecule has 6 nitrogen and oxygen atoms in total. The Hall–Kier alpha value is -3.12. The van der Waals surface area contributed by atoms with E-state index < -0.39 is 0 Å². The van der Waals surface area contributed by atoms with Gasteiger partial charge >= 0.3 is 0 Å². The van der Waals surface area contributed by atoms with Crippen LogP contribution in [0.3, 0.4) is 0 Å². The van der Waals surface area contributed by atoms with Gasteiger partial charge in [-0.2, -0.15) is 5.10 Å². The van der Waals surface area contributed by atoms with Crippen LogP contribution in [-0.4, -0.2) is 25.7 Å². The van der Waals surface area contributed by atoms with Gasteiger partial charge in [0.05, 0.1) is 28.8 Å². The lowest BCUT2D eigenvalue weighted by Gasteiger charge is -2.04. The number of carbonyl (C=O) groups excluding carboxylic acids is 1. The third-order valence-corrected chi connectivity index (χ3v) is 3.95. The summed E-state index contributed by atoms with van der Waals surface area (Å²) in [6, 6.07) is 11.0. The first-order chi connectivity index (χ1) is 11.7. The smallest absolute Gasteiger partial charge is 0.275 e. The molecule has 0 aliphatic carbocycles.